The standard InChI is InChI=1S/C23H22O3/c1-3-14-26-21-10-4-17(5-11-21)6-13-23(24)20-8-7-19-16-22(25-2)12-9-18(19)15-20/h4-13,15-16H,3,14H2,1-2H3/b13-6+. The van der Waals surface area contributed by atoms with Crippen molar-refractivity contribution < 1.29 is 14.3 Å². The van der Waals surface area contributed by atoms with Gasteiger partial charge in [-0.1, -0.05) is 43.3 Å². The predicted molar refractivity (Wildman–Crippen MR) is 106 cm³/mol. The van der Waals surface area contributed by atoms with Crippen LogP contribution in [-0.2, 0) is 0 Å². The lowest BCUT2D eigenvalue weighted by Gasteiger charge is -2.04. The summed E-state index contributed by atoms with van der Waals surface area (Å²) in [5.74, 6) is 1.64. The van der Waals surface area contributed by atoms with Gasteiger partial charge < -0.3 is 9.47 Å². The van der Waals surface area contributed by atoms with E-state index in [4.69, 9.17) is 9.47 Å². The maximum Gasteiger partial charge on any atom is 0.185 e. The molecule has 0 radical (unpaired) electrons. The van der Waals surface area contributed by atoms with E-state index in [0.717, 1.165) is 34.3 Å². The lowest BCUT2D eigenvalue weighted by molar-refractivity contribution is 0.104. The largest absolute Gasteiger partial charge is 0.497 e. The monoisotopic (exact) mass is 346 g/mol. The molecular formula is C23H22O3. The van der Waals surface area contributed by atoms with Crippen molar-refractivity contribution in [3.05, 3.63) is 77.9 Å². The van der Waals surface area contributed by atoms with Gasteiger partial charge in [0, 0.05) is 5.56 Å². The highest BCUT2D eigenvalue weighted by atomic mass is 16.5. The Morgan fingerprint density at radius 1 is 0.923 bits per heavy atom. The van der Waals surface area contributed by atoms with Gasteiger partial charge in [-0.15, -0.1) is 0 Å². The normalized spacial score (nSPS) is 11.0. The summed E-state index contributed by atoms with van der Waals surface area (Å²) in [5, 5.41) is 2.06. The number of ether oxygens (including phenoxy) is 2. The highest BCUT2D eigenvalue weighted by Gasteiger charge is 2.04. The Bertz CT molecular complexity index is 924. The zero-order valence-electron chi connectivity index (χ0n) is 15.1. The van der Waals surface area contributed by atoms with Gasteiger partial charge in [-0.25, -0.2) is 0 Å². The van der Waals surface area contributed by atoms with Gasteiger partial charge in [0.1, 0.15) is 11.5 Å². The maximum atomic E-state index is 12.5. The van der Waals surface area contributed by atoms with Crippen molar-refractivity contribution in [2.45, 2.75) is 13.3 Å². The molecule has 0 amide bonds. The van der Waals surface area contributed by atoms with Crippen molar-refractivity contribution in [3.8, 4) is 11.5 Å². The van der Waals surface area contributed by atoms with E-state index in [1.807, 2.05) is 66.7 Å². The van der Waals surface area contributed by atoms with Crippen LogP contribution in [0.1, 0.15) is 29.3 Å². The van der Waals surface area contributed by atoms with Crippen LogP contribution in [0.3, 0.4) is 0 Å². The van der Waals surface area contributed by atoms with Crippen molar-refractivity contribution in [2.24, 2.45) is 0 Å². The second kappa shape index (κ2) is 8.34. The van der Waals surface area contributed by atoms with Gasteiger partial charge in [0.25, 0.3) is 0 Å². The van der Waals surface area contributed by atoms with E-state index in [0.29, 0.717) is 12.2 Å². The molecule has 3 nitrogen and oxygen atoms in total. The fourth-order valence-electron chi connectivity index (χ4n) is 2.67. The van der Waals surface area contributed by atoms with Crippen molar-refractivity contribution >= 4 is 22.6 Å². The van der Waals surface area contributed by atoms with Crippen LogP contribution in [0.15, 0.2) is 66.7 Å². The first-order chi connectivity index (χ1) is 12.7. The molecule has 0 saturated carbocycles. The Hall–Kier alpha value is -3.07. The van der Waals surface area contributed by atoms with Gasteiger partial charge in [-0.05, 0) is 59.2 Å². The molecule has 3 aromatic carbocycles. The van der Waals surface area contributed by atoms with Gasteiger partial charge in [0.2, 0.25) is 0 Å². The van der Waals surface area contributed by atoms with Crippen LogP contribution in [0.25, 0.3) is 16.8 Å². The number of hydrogen-bond donors (Lipinski definition) is 0. The average molecular weight is 346 g/mol. The minimum absolute atomic E-state index is 0.0194. The van der Waals surface area contributed by atoms with Crippen LogP contribution in [0, 0.1) is 0 Å². The summed E-state index contributed by atoms with van der Waals surface area (Å²) in [6.07, 6.45) is 4.41. The summed E-state index contributed by atoms with van der Waals surface area (Å²) >= 11 is 0. The van der Waals surface area contributed by atoms with Crippen LogP contribution < -0.4 is 9.47 Å². The zero-order valence-corrected chi connectivity index (χ0v) is 15.1. The van der Waals surface area contributed by atoms with Gasteiger partial charge in [0.05, 0.1) is 13.7 Å². The summed E-state index contributed by atoms with van der Waals surface area (Å²) in [7, 11) is 1.65. The van der Waals surface area contributed by atoms with Crippen molar-refractivity contribution in [1.82, 2.24) is 0 Å². The molecule has 0 saturated heterocycles. The van der Waals surface area contributed by atoms with Crippen molar-refractivity contribution in [2.75, 3.05) is 13.7 Å². The number of allylic oxidation sites excluding steroid dienone is 1. The Labute approximate surface area is 153 Å². The fraction of sp³-hybridized carbons (Fsp3) is 0.174. The highest BCUT2D eigenvalue weighted by molar-refractivity contribution is 6.08. The zero-order chi connectivity index (χ0) is 18.4. The Kier molecular flexibility index (Phi) is 5.69. The number of hydrogen-bond acceptors (Lipinski definition) is 3. The lowest BCUT2D eigenvalue weighted by atomic mass is 10.0. The first kappa shape index (κ1) is 17.7. The third-order valence-corrected chi connectivity index (χ3v) is 4.11. The number of rotatable bonds is 7. The summed E-state index contributed by atoms with van der Waals surface area (Å²) in [6.45, 7) is 2.79. The molecule has 0 spiro atoms. The number of ketones is 1. The molecule has 0 bridgehead atoms. The number of fused-ring (bicyclic) bond motifs is 1. The van der Waals surface area contributed by atoms with Gasteiger partial charge in [-0.3, -0.25) is 4.79 Å². The first-order valence-electron chi connectivity index (χ1n) is 8.72. The third kappa shape index (κ3) is 4.31. The van der Waals surface area contributed by atoms with Crippen LogP contribution in [0.5, 0.6) is 11.5 Å². The Morgan fingerprint density at radius 3 is 2.35 bits per heavy atom. The summed E-state index contributed by atoms with van der Waals surface area (Å²) in [5.41, 5.74) is 1.63. The molecule has 0 N–H and O–H groups in total. The fourth-order valence-corrected chi connectivity index (χ4v) is 2.67. The van der Waals surface area contributed by atoms with E-state index in [2.05, 4.69) is 6.92 Å². The molecule has 0 atom stereocenters. The van der Waals surface area contributed by atoms with E-state index in [1.165, 1.54) is 0 Å². The van der Waals surface area contributed by atoms with Crippen LogP contribution in [-0.4, -0.2) is 19.5 Å². The molecule has 3 heteroatoms. The van der Waals surface area contributed by atoms with E-state index >= 15 is 0 Å². The summed E-state index contributed by atoms with van der Waals surface area (Å²) in [6, 6.07) is 19.2. The molecule has 0 unspecified atom stereocenters. The second-order valence-corrected chi connectivity index (χ2v) is 6.04. The molecule has 0 aliphatic rings. The number of carbonyl (C=O) groups excluding carboxylic acids is 1. The number of carbonyl (C=O) groups is 1. The van der Waals surface area contributed by atoms with E-state index in [-0.39, 0.29) is 5.78 Å². The summed E-state index contributed by atoms with van der Waals surface area (Å²) < 4.78 is 10.8. The minimum atomic E-state index is -0.0194. The minimum Gasteiger partial charge on any atom is -0.497 e. The molecule has 3 rings (SSSR count). The van der Waals surface area contributed by atoms with Gasteiger partial charge in [0.15, 0.2) is 5.78 Å². The third-order valence-electron chi connectivity index (χ3n) is 4.11. The van der Waals surface area contributed by atoms with Crippen molar-refractivity contribution in [1.29, 1.82) is 0 Å². The summed E-state index contributed by atoms with van der Waals surface area (Å²) in [4.78, 5) is 12.5. The van der Waals surface area contributed by atoms with E-state index < -0.39 is 0 Å². The smallest absolute Gasteiger partial charge is 0.185 e. The van der Waals surface area contributed by atoms with Crippen LogP contribution >= 0.6 is 0 Å². The van der Waals surface area contributed by atoms with Gasteiger partial charge in [-0.2, -0.15) is 0 Å². The molecule has 0 aliphatic heterocycles. The predicted octanol–water partition coefficient (Wildman–Crippen LogP) is 5.53. The second-order valence-electron chi connectivity index (χ2n) is 6.04. The number of benzene rings is 3. The highest BCUT2D eigenvalue weighted by Crippen LogP contribution is 2.22. The molecule has 3 aromatic rings. The van der Waals surface area contributed by atoms with Gasteiger partial charge >= 0.3 is 0 Å². The molecule has 0 fully saturated rings. The Morgan fingerprint density at radius 2 is 1.62 bits per heavy atom. The lowest BCUT2D eigenvalue weighted by Crippen LogP contribution is -1.95. The van der Waals surface area contributed by atoms with Crippen molar-refractivity contribution in [3.63, 3.8) is 0 Å². The molecule has 132 valence electrons. The first-order valence-corrected chi connectivity index (χ1v) is 8.72. The SMILES string of the molecule is CCCOc1ccc(/C=C/C(=O)c2ccc3cc(OC)ccc3c2)cc1. The molecular weight excluding hydrogens is 324 g/mol. The topological polar surface area (TPSA) is 35.5 Å². The molecule has 0 aliphatic carbocycles. The van der Waals surface area contributed by atoms with E-state index in [1.54, 1.807) is 13.2 Å². The molecule has 26 heavy (non-hydrogen) atoms. The maximum absolute atomic E-state index is 12.5. The average Bonchev–Trinajstić information content (AvgIpc) is 2.70. The molecule has 0 heterocycles. The Balaban J connectivity index is 1.72. The molecule has 0 aromatic heterocycles. The van der Waals surface area contributed by atoms with Crippen LogP contribution in [0.4, 0.5) is 0 Å². The van der Waals surface area contributed by atoms with Crippen LogP contribution in [0.2, 0.25) is 0 Å². The van der Waals surface area contributed by atoms with E-state index in [9.17, 15) is 4.79 Å². The number of methoxy groups -OCH3 is 1. The quantitative estimate of drug-likeness (QED) is 0.416.